The van der Waals surface area contributed by atoms with Gasteiger partial charge in [-0.25, -0.2) is 4.98 Å². The van der Waals surface area contributed by atoms with Crippen molar-refractivity contribution >= 4 is 35.0 Å². The summed E-state index contributed by atoms with van der Waals surface area (Å²) in [5, 5.41) is 4.13. The molecule has 1 aliphatic carbocycles. The number of unbranched alkanes of at least 4 members (excludes halogenated alkanes) is 1. The summed E-state index contributed by atoms with van der Waals surface area (Å²) in [5.74, 6) is 0.458. The Hall–Kier alpha value is -2.83. The molecule has 0 fully saturated rings. The Labute approximate surface area is 236 Å². The minimum Gasteiger partial charge on any atom is -0.359 e. The van der Waals surface area contributed by atoms with Gasteiger partial charge in [-0.15, -0.1) is 0 Å². The third-order valence-electron chi connectivity index (χ3n) is 6.90. The lowest BCUT2D eigenvalue weighted by Gasteiger charge is -2.26. The van der Waals surface area contributed by atoms with Crippen LogP contribution in [0.2, 0.25) is 10.0 Å². The number of benzene rings is 2. The van der Waals surface area contributed by atoms with Crippen LogP contribution < -0.4 is 5.32 Å². The Kier molecular flexibility index (Phi) is 12.2. The fourth-order valence-electron chi connectivity index (χ4n) is 4.59. The van der Waals surface area contributed by atoms with E-state index in [0.717, 1.165) is 79.3 Å². The third kappa shape index (κ3) is 9.80. The van der Waals surface area contributed by atoms with E-state index in [2.05, 4.69) is 27.4 Å². The highest BCUT2D eigenvalue weighted by Gasteiger charge is 2.28. The van der Waals surface area contributed by atoms with Crippen molar-refractivity contribution in [2.75, 3.05) is 20.6 Å². The predicted molar refractivity (Wildman–Crippen MR) is 155 cm³/mol. The second-order valence-electron chi connectivity index (χ2n) is 9.76. The average Bonchev–Trinajstić information content (AvgIpc) is 3.41. The number of halogens is 2. The fourth-order valence-corrected chi connectivity index (χ4v) is 4.84. The molecule has 6 nitrogen and oxygen atoms in total. The summed E-state index contributed by atoms with van der Waals surface area (Å²) in [4.78, 5) is 32.9. The number of rotatable bonds is 10. The number of carbonyl (C=O) groups is 2. The van der Waals surface area contributed by atoms with Crippen molar-refractivity contribution < 1.29 is 9.59 Å². The highest BCUT2D eigenvalue weighted by atomic mass is 35.5. The lowest BCUT2D eigenvalue weighted by Crippen LogP contribution is -2.36. The largest absolute Gasteiger partial charge is 0.359 e. The summed E-state index contributed by atoms with van der Waals surface area (Å²) in [7, 11) is 3.58. The predicted octanol–water partition coefficient (Wildman–Crippen LogP) is 6.06. The molecule has 0 saturated heterocycles. The molecule has 204 valence electrons. The smallest absolute Gasteiger partial charge is 0.225 e. The highest BCUT2D eigenvalue weighted by molar-refractivity contribution is 6.30. The first-order valence-electron chi connectivity index (χ1n) is 13.3. The van der Waals surface area contributed by atoms with Gasteiger partial charge in [0.25, 0.3) is 0 Å². The van der Waals surface area contributed by atoms with Crippen molar-refractivity contribution in [3.8, 4) is 0 Å². The molecule has 0 spiro atoms. The van der Waals surface area contributed by atoms with Crippen LogP contribution in [0, 0.1) is 5.92 Å². The van der Waals surface area contributed by atoms with E-state index < -0.39 is 0 Å². The summed E-state index contributed by atoms with van der Waals surface area (Å²) >= 11 is 11.7. The second-order valence-corrected chi connectivity index (χ2v) is 10.6. The third-order valence-corrected chi connectivity index (χ3v) is 7.40. The Morgan fingerprint density at radius 2 is 1.58 bits per heavy atom. The molecular weight excluding hydrogens is 519 g/mol. The van der Waals surface area contributed by atoms with Gasteiger partial charge in [0.1, 0.15) is 0 Å². The SMILES string of the molecule is CN(CCCCc1ccc(Cl)cc1)C(=O)C1CCc2nc[nH]c2C1.CNC(=O)CCCc1ccc(Cl)cc1. The van der Waals surface area contributed by atoms with Crippen molar-refractivity contribution in [1.82, 2.24) is 20.2 Å². The van der Waals surface area contributed by atoms with Gasteiger partial charge in [0.15, 0.2) is 0 Å². The number of H-pyrrole nitrogens is 1. The number of aromatic amines is 1. The number of amides is 2. The number of nitrogens with zero attached hydrogens (tertiary/aromatic N) is 2. The van der Waals surface area contributed by atoms with Gasteiger partial charge in [0.2, 0.25) is 11.8 Å². The van der Waals surface area contributed by atoms with Crippen LogP contribution in [0.15, 0.2) is 54.9 Å². The molecule has 1 unspecified atom stereocenters. The second kappa shape index (κ2) is 15.6. The first-order chi connectivity index (χ1) is 18.4. The van der Waals surface area contributed by atoms with Gasteiger partial charge >= 0.3 is 0 Å². The number of aryl methyl sites for hydroxylation is 3. The van der Waals surface area contributed by atoms with E-state index in [-0.39, 0.29) is 17.7 Å². The number of imidazole rings is 1. The molecule has 3 aromatic rings. The van der Waals surface area contributed by atoms with Gasteiger partial charge in [-0.05, 0) is 80.3 Å². The number of aromatic nitrogens is 2. The van der Waals surface area contributed by atoms with E-state index in [0.29, 0.717) is 6.42 Å². The van der Waals surface area contributed by atoms with Crippen LogP contribution in [0.3, 0.4) is 0 Å². The topological polar surface area (TPSA) is 78.1 Å². The number of fused-ring (bicyclic) bond motifs is 1. The van der Waals surface area contributed by atoms with Crippen LogP contribution >= 0.6 is 23.2 Å². The maximum atomic E-state index is 12.6. The Bertz CT molecular complexity index is 1150. The van der Waals surface area contributed by atoms with Crippen molar-refractivity contribution in [3.05, 3.63) is 87.4 Å². The van der Waals surface area contributed by atoms with Gasteiger partial charge in [0, 0.05) is 55.1 Å². The lowest BCUT2D eigenvalue weighted by molar-refractivity contribution is -0.134. The van der Waals surface area contributed by atoms with Crippen molar-refractivity contribution in [2.45, 2.75) is 57.8 Å². The average molecular weight is 558 g/mol. The van der Waals surface area contributed by atoms with Gasteiger partial charge in [-0.3, -0.25) is 9.59 Å². The molecule has 0 bridgehead atoms. The van der Waals surface area contributed by atoms with E-state index in [1.165, 1.54) is 11.1 Å². The summed E-state index contributed by atoms with van der Waals surface area (Å²) in [6, 6.07) is 15.7. The standard InChI is InChI=1S/C19H24ClN3O.C11H14ClNO/c1-23(11-3-2-4-14-5-8-16(20)9-6-14)19(24)15-7-10-17-18(12-15)22-13-21-17;1-13-11(14)4-2-3-9-5-7-10(12)8-6-9/h5-6,8-9,13,15H,2-4,7,10-12H2,1H3,(H,21,22);5-8H,2-4H2,1H3,(H,13,14). The lowest BCUT2D eigenvalue weighted by atomic mass is 9.89. The van der Waals surface area contributed by atoms with Crippen molar-refractivity contribution in [1.29, 1.82) is 0 Å². The quantitative estimate of drug-likeness (QED) is 0.298. The van der Waals surface area contributed by atoms with Gasteiger partial charge < -0.3 is 15.2 Å². The van der Waals surface area contributed by atoms with Gasteiger partial charge in [0.05, 0.1) is 12.0 Å². The van der Waals surface area contributed by atoms with Crippen molar-refractivity contribution in [3.63, 3.8) is 0 Å². The summed E-state index contributed by atoms with van der Waals surface area (Å²) in [6.07, 6.45) is 9.85. The molecular formula is C30H38Cl2N4O2. The van der Waals surface area contributed by atoms with Crippen LogP contribution in [0.4, 0.5) is 0 Å². The molecule has 1 atom stereocenters. The maximum absolute atomic E-state index is 12.6. The number of carbonyl (C=O) groups excluding carboxylic acids is 2. The van der Waals surface area contributed by atoms with Crippen LogP contribution in [-0.2, 0) is 35.3 Å². The summed E-state index contributed by atoms with van der Waals surface area (Å²) < 4.78 is 0. The Morgan fingerprint density at radius 3 is 2.18 bits per heavy atom. The Morgan fingerprint density at radius 1 is 0.974 bits per heavy atom. The van der Waals surface area contributed by atoms with Crippen molar-refractivity contribution in [2.24, 2.45) is 5.92 Å². The molecule has 1 aromatic heterocycles. The molecule has 1 aliphatic rings. The molecule has 8 heteroatoms. The van der Waals surface area contributed by atoms with E-state index in [9.17, 15) is 9.59 Å². The van der Waals surface area contributed by atoms with E-state index in [1.54, 1.807) is 13.4 Å². The zero-order chi connectivity index (χ0) is 27.3. The summed E-state index contributed by atoms with van der Waals surface area (Å²) in [5.41, 5.74) is 4.78. The Balaban J connectivity index is 0.000000244. The molecule has 4 rings (SSSR count). The first-order valence-corrected chi connectivity index (χ1v) is 14.1. The monoisotopic (exact) mass is 556 g/mol. The van der Waals surface area contributed by atoms with Crippen LogP contribution in [0.1, 0.15) is 54.6 Å². The zero-order valence-corrected chi connectivity index (χ0v) is 23.8. The van der Waals surface area contributed by atoms with Gasteiger partial charge in [-0.2, -0.15) is 0 Å². The minimum absolute atomic E-state index is 0.0963. The molecule has 2 amide bonds. The normalized spacial score (nSPS) is 14.2. The van der Waals surface area contributed by atoms with Crippen LogP contribution in [0.25, 0.3) is 0 Å². The molecule has 2 N–H and O–H groups in total. The zero-order valence-electron chi connectivity index (χ0n) is 22.3. The molecule has 0 aliphatic heterocycles. The van der Waals surface area contributed by atoms with Crippen LogP contribution in [-0.4, -0.2) is 47.3 Å². The highest BCUT2D eigenvalue weighted by Crippen LogP contribution is 2.24. The van der Waals surface area contributed by atoms with Gasteiger partial charge in [-0.1, -0.05) is 47.5 Å². The summed E-state index contributed by atoms with van der Waals surface area (Å²) in [6.45, 7) is 0.818. The molecule has 1 heterocycles. The maximum Gasteiger partial charge on any atom is 0.225 e. The number of nitrogens with one attached hydrogen (secondary N) is 2. The van der Waals surface area contributed by atoms with Crippen LogP contribution in [0.5, 0.6) is 0 Å². The number of hydrogen-bond donors (Lipinski definition) is 2. The minimum atomic E-state index is 0.0963. The first kappa shape index (κ1) is 29.7. The molecule has 2 aromatic carbocycles. The van der Waals surface area contributed by atoms with E-state index >= 15 is 0 Å². The molecule has 0 saturated carbocycles. The molecule has 38 heavy (non-hydrogen) atoms. The fraction of sp³-hybridized carbons (Fsp3) is 0.433. The van der Waals surface area contributed by atoms with E-state index in [4.69, 9.17) is 23.2 Å². The molecule has 0 radical (unpaired) electrons. The number of hydrogen-bond acceptors (Lipinski definition) is 3. The van der Waals surface area contributed by atoms with E-state index in [1.807, 2.05) is 48.3 Å².